The molecule has 4 aliphatic rings. The van der Waals surface area contributed by atoms with Crippen molar-refractivity contribution in [3.05, 3.63) is 11.6 Å². The van der Waals surface area contributed by atoms with Crippen LogP contribution in [0.25, 0.3) is 0 Å². The number of anilines is 1. The second kappa shape index (κ2) is 9.04. The zero-order valence-corrected chi connectivity index (χ0v) is 21.5. The van der Waals surface area contributed by atoms with Crippen molar-refractivity contribution in [2.75, 3.05) is 5.73 Å². The van der Waals surface area contributed by atoms with E-state index in [0.29, 0.717) is 41.9 Å². The topological polar surface area (TPSA) is 137 Å². The number of nitriles is 1. The summed E-state index contributed by atoms with van der Waals surface area (Å²) in [6.07, 6.45) is 7.99. The number of rotatable bonds is 5. The lowest BCUT2D eigenvalue weighted by Gasteiger charge is -2.63. The fourth-order valence-electron chi connectivity index (χ4n) is 9.47. The highest BCUT2D eigenvalue weighted by atomic mass is 16.4. The Balaban J connectivity index is 1.29. The number of nitrogens with two attached hydrogens (primary N) is 1. The highest BCUT2D eigenvalue weighted by molar-refractivity contribution is 5.40. The molecular weight excluding hydrogens is 442 g/mol. The third-order valence-corrected chi connectivity index (χ3v) is 11.4. The number of aliphatic hydroxyl groups excluding tert-OH is 3. The number of fused-ring (bicyclic) bond motifs is 5. The highest BCUT2D eigenvalue weighted by Crippen LogP contribution is 2.68. The maximum atomic E-state index is 11.7. The fraction of sp³-hybridized carbons (Fsp3) is 0.857. The molecule has 1 unspecified atom stereocenters. The molecule has 0 amide bonds. The summed E-state index contributed by atoms with van der Waals surface area (Å²) in [7, 11) is 0. The lowest BCUT2D eigenvalue weighted by molar-refractivity contribution is -0.207. The van der Waals surface area contributed by atoms with Crippen LogP contribution in [0, 0.1) is 57.7 Å². The lowest BCUT2D eigenvalue weighted by Crippen LogP contribution is -2.62. The fourth-order valence-corrected chi connectivity index (χ4v) is 9.47. The Morgan fingerprint density at radius 1 is 1.14 bits per heavy atom. The second-order valence-electron chi connectivity index (χ2n) is 12.8. The molecule has 11 atom stereocenters. The summed E-state index contributed by atoms with van der Waals surface area (Å²) < 4.78 is 5.43. The Morgan fingerprint density at radius 2 is 1.91 bits per heavy atom. The SMILES string of the molecule is C[C@H](CCCc1nc(C#N)c(N)o1)[C@H]1CC[C@H]2[C@@H]3[C@H](O)CC4C[C@H](O)CC[C@]4(C)[C@H]3C[C@H](O)[C@]12C. The molecular formula is C28H43N3O4. The van der Waals surface area contributed by atoms with Crippen molar-refractivity contribution in [3.8, 4) is 6.07 Å². The smallest absolute Gasteiger partial charge is 0.229 e. The summed E-state index contributed by atoms with van der Waals surface area (Å²) in [5.74, 6) is 2.73. The lowest BCUT2D eigenvalue weighted by atomic mass is 9.43. The number of aromatic nitrogens is 1. The van der Waals surface area contributed by atoms with Crippen LogP contribution >= 0.6 is 0 Å². The van der Waals surface area contributed by atoms with Gasteiger partial charge in [0.2, 0.25) is 11.6 Å². The first kappa shape index (κ1) is 25.0. The highest BCUT2D eigenvalue weighted by Gasteiger charge is 2.65. The Morgan fingerprint density at radius 3 is 2.63 bits per heavy atom. The van der Waals surface area contributed by atoms with Crippen molar-refractivity contribution in [2.24, 2.45) is 46.3 Å². The maximum absolute atomic E-state index is 11.7. The minimum atomic E-state index is -0.358. The number of aliphatic hydroxyl groups is 3. The van der Waals surface area contributed by atoms with Crippen molar-refractivity contribution < 1.29 is 19.7 Å². The van der Waals surface area contributed by atoms with Crippen LogP contribution in [0.4, 0.5) is 5.88 Å². The van der Waals surface area contributed by atoms with Crippen LogP contribution in [0.5, 0.6) is 0 Å². The van der Waals surface area contributed by atoms with Gasteiger partial charge in [-0.05, 0) is 104 Å². The van der Waals surface area contributed by atoms with Crippen molar-refractivity contribution in [3.63, 3.8) is 0 Å². The van der Waals surface area contributed by atoms with Gasteiger partial charge in [0.25, 0.3) is 0 Å². The van der Waals surface area contributed by atoms with Crippen LogP contribution in [-0.2, 0) is 6.42 Å². The molecule has 0 aromatic carbocycles. The molecule has 4 fully saturated rings. The standard InChI is InChI=1S/C28H43N3O4/c1-15(5-4-6-24-31-21(14-29)26(30)35-24)18-7-8-19-25-20(13-23(34)28(18,19)3)27(2)10-9-17(32)11-16(27)12-22(25)33/h15-20,22-23,25,32-34H,4-13,30H2,1-3H3/t15-,16?,17-,18-,19+,20+,22-,23+,25+,27+,28-/m1/s1. The quantitative estimate of drug-likeness (QED) is 0.494. The molecule has 4 aliphatic carbocycles. The zero-order valence-electron chi connectivity index (χ0n) is 21.5. The van der Waals surface area contributed by atoms with Crippen LogP contribution in [0.15, 0.2) is 4.42 Å². The van der Waals surface area contributed by atoms with Crippen molar-refractivity contribution in [1.29, 1.82) is 5.26 Å². The Bertz CT molecular complexity index is 974. The van der Waals surface area contributed by atoms with E-state index in [2.05, 4.69) is 25.8 Å². The first-order valence-electron chi connectivity index (χ1n) is 13.8. The third-order valence-electron chi connectivity index (χ3n) is 11.4. The molecule has 0 spiro atoms. The molecule has 7 heteroatoms. The van der Waals surface area contributed by atoms with Gasteiger partial charge in [0.1, 0.15) is 6.07 Å². The molecule has 1 aromatic rings. The number of oxazole rings is 1. The number of hydrogen-bond acceptors (Lipinski definition) is 7. The first-order valence-corrected chi connectivity index (χ1v) is 13.8. The van der Waals surface area contributed by atoms with E-state index in [9.17, 15) is 15.3 Å². The monoisotopic (exact) mass is 485 g/mol. The van der Waals surface area contributed by atoms with Crippen LogP contribution < -0.4 is 5.73 Å². The molecule has 0 bridgehead atoms. The molecule has 0 saturated heterocycles. The maximum Gasteiger partial charge on any atom is 0.229 e. The van der Waals surface area contributed by atoms with Gasteiger partial charge in [-0.3, -0.25) is 0 Å². The van der Waals surface area contributed by atoms with Gasteiger partial charge in [-0.2, -0.15) is 5.26 Å². The first-order chi connectivity index (χ1) is 16.6. The number of hydrogen-bond donors (Lipinski definition) is 4. The summed E-state index contributed by atoms with van der Waals surface area (Å²) in [5.41, 5.74) is 5.79. The van der Waals surface area contributed by atoms with Gasteiger partial charge >= 0.3 is 0 Å². The largest absolute Gasteiger partial charge is 0.424 e. The normalized spacial score (nSPS) is 45.7. The van der Waals surface area contributed by atoms with Gasteiger partial charge in [0, 0.05) is 6.42 Å². The third kappa shape index (κ3) is 3.91. The van der Waals surface area contributed by atoms with Crippen LogP contribution in [0.1, 0.15) is 90.1 Å². The van der Waals surface area contributed by atoms with Crippen LogP contribution in [0.3, 0.4) is 0 Å². The van der Waals surface area contributed by atoms with E-state index in [1.165, 1.54) is 0 Å². The van der Waals surface area contributed by atoms with Gasteiger partial charge in [0.15, 0.2) is 5.89 Å². The summed E-state index contributed by atoms with van der Waals surface area (Å²) in [6.45, 7) is 6.98. The van der Waals surface area contributed by atoms with Gasteiger partial charge in [-0.1, -0.05) is 20.8 Å². The minimum absolute atomic E-state index is 0.0935. The predicted octanol–water partition coefficient (Wildman–Crippen LogP) is 4.05. The average molecular weight is 486 g/mol. The Kier molecular flexibility index (Phi) is 6.47. The van der Waals surface area contributed by atoms with Gasteiger partial charge in [-0.15, -0.1) is 0 Å². The molecule has 1 aromatic heterocycles. The number of aryl methyl sites for hydroxylation is 1. The van der Waals surface area contributed by atoms with Gasteiger partial charge in [-0.25, -0.2) is 4.98 Å². The van der Waals surface area contributed by atoms with E-state index < -0.39 is 0 Å². The van der Waals surface area contributed by atoms with E-state index in [1.807, 2.05) is 6.07 Å². The van der Waals surface area contributed by atoms with E-state index in [-0.39, 0.29) is 46.6 Å². The molecule has 194 valence electrons. The van der Waals surface area contributed by atoms with Crippen molar-refractivity contribution >= 4 is 5.88 Å². The molecule has 5 N–H and O–H groups in total. The molecule has 0 aliphatic heterocycles. The molecule has 35 heavy (non-hydrogen) atoms. The second-order valence-corrected chi connectivity index (χ2v) is 12.8. The predicted molar refractivity (Wildman–Crippen MR) is 132 cm³/mol. The van der Waals surface area contributed by atoms with E-state index in [1.54, 1.807) is 0 Å². The van der Waals surface area contributed by atoms with Crippen molar-refractivity contribution in [1.82, 2.24) is 4.98 Å². The average Bonchev–Trinajstić information content (AvgIpc) is 3.35. The van der Waals surface area contributed by atoms with Crippen molar-refractivity contribution in [2.45, 2.75) is 103 Å². The Hall–Kier alpha value is -1.62. The summed E-state index contributed by atoms with van der Waals surface area (Å²) in [6, 6.07) is 1.96. The molecule has 7 nitrogen and oxygen atoms in total. The molecule has 1 heterocycles. The summed E-state index contributed by atoms with van der Waals surface area (Å²) in [4.78, 5) is 4.18. The van der Waals surface area contributed by atoms with E-state index in [4.69, 9.17) is 15.4 Å². The minimum Gasteiger partial charge on any atom is -0.424 e. The number of nitrogen functional groups attached to an aromatic ring is 1. The van der Waals surface area contributed by atoms with Gasteiger partial charge < -0.3 is 25.5 Å². The number of nitrogens with zero attached hydrogens (tertiary/aromatic N) is 2. The van der Waals surface area contributed by atoms with E-state index >= 15 is 0 Å². The summed E-state index contributed by atoms with van der Waals surface area (Å²) in [5, 5.41) is 42.5. The van der Waals surface area contributed by atoms with E-state index in [0.717, 1.165) is 57.8 Å². The summed E-state index contributed by atoms with van der Waals surface area (Å²) >= 11 is 0. The van der Waals surface area contributed by atoms with Gasteiger partial charge in [0.05, 0.1) is 18.3 Å². The molecule has 5 rings (SSSR count). The van der Waals surface area contributed by atoms with Crippen LogP contribution in [0.2, 0.25) is 0 Å². The molecule has 4 saturated carbocycles. The molecule has 0 radical (unpaired) electrons. The zero-order chi connectivity index (χ0) is 25.1. The van der Waals surface area contributed by atoms with Crippen LogP contribution in [-0.4, -0.2) is 38.6 Å². The Labute approximate surface area is 209 Å².